The minimum absolute atomic E-state index is 0.125. The van der Waals surface area contributed by atoms with E-state index in [4.69, 9.17) is 11.6 Å². The molecule has 4 rings (SSSR count). The van der Waals surface area contributed by atoms with Crippen molar-refractivity contribution >= 4 is 39.3 Å². The van der Waals surface area contributed by atoms with E-state index in [1.165, 1.54) is 6.42 Å². The summed E-state index contributed by atoms with van der Waals surface area (Å²) < 4.78 is 6.14. The van der Waals surface area contributed by atoms with Gasteiger partial charge >= 0.3 is 0 Å². The van der Waals surface area contributed by atoms with Crippen LogP contribution in [0.3, 0.4) is 0 Å². The number of nitrogens with one attached hydrogen (secondary N) is 1. The highest BCUT2D eigenvalue weighted by Crippen LogP contribution is 2.28. The molecular formula is C19H19ClN4O2S. The molecule has 2 heterocycles. The van der Waals surface area contributed by atoms with Crippen molar-refractivity contribution in [2.24, 2.45) is 0 Å². The second-order valence-corrected chi connectivity index (χ2v) is 8.00. The predicted octanol–water partition coefficient (Wildman–Crippen LogP) is 3.94. The number of halogens is 1. The summed E-state index contributed by atoms with van der Waals surface area (Å²) in [5.41, 5.74) is 1.54. The summed E-state index contributed by atoms with van der Waals surface area (Å²) >= 11 is 6.98. The number of benzene rings is 1. The van der Waals surface area contributed by atoms with Gasteiger partial charge in [-0.3, -0.25) is 9.59 Å². The van der Waals surface area contributed by atoms with Crippen LogP contribution in [0.15, 0.2) is 35.3 Å². The first kappa shape index (κ1) is 18.1. The third kappa shape index (κ3) is 3.75. The smallest absolute Gasteiger partial charge is 0.280 e. The minimum Gasteiger partial charge on any atom is -0.348 e. The average molecular weight is 403 g/mol. The van der Waals surface area contributed by atoms with Crippen LogP contribution in [-0.4, -0.2) is 20.1 Å². The van der Waals surface area contributed by atoms with Crippen LogP contribution in [-0.2, 0) is 6.54 Å². The van der Waals surface area contributed by atoms with Crippen LogP contribution in [0.4, 0.5) is 0 Å². The third-order valence-electron chi connectivity index (χ3n) is 5.02. The van der Waals surface area contributed by atoms with Gasteiger partial charge in [-0.1, -0.05) is 47.5 Å². The van der Waals surface area contributed by atoms with Crippen molar-refractivity contribution < 1.29 is 4.79 Å². The van der Waals surface area contributed by atoms with Gasteiger partial charge < -0.3 is 9.88 Å². The van der Waals surface area contributed by atoms with Crippen molar-refractivity contribution in [2.45, 2.75) is 44.7 Å². The zero-order chi connectivity index (χ0) is 18.8. The van der Waals surface area contributed by atoms with Crippen LogP contribution in [0.5, 0.6) is 0 Å². The Balaban J connectivity index is 1.64. The monoisotopic (exact) mass is 402 g/mol. The Morgan fingerprint density at radius 2 is 1.96 bits per heavy atom. The Bertz CT molecular complexity index is 1020. The molecule has 0 unspecified atom stereocenters. The van der Waals surface area contributed by atoms with E-state index in [0.717, 1.165) is 42.8 Å². The highest BCUT2D eigenvalue weighted by Gasteiger charge is 2.23. The normalized spacial score (nSPS) is 15.1. The summed E-state index contributed by atoms with van der Waals surface area (Å²) in [4.78, 5) is 25.6. The predicted molar refractivity (Wildman–Crippen MR) is 106 cm³/mol. The summed E-state index contributed by atoms with van der Waals surface area (Å²) in [6.07, 6.45) is 6.99. The van der Waals surface area contributed by atoms with Gasteiger partial charge in [0.05, 0.1) is 10.3 Å². The Hall–Kier alpha value is -2.25. The molecule has 0 bridgehead atoms. The van der Waals surface area contributed by atoms with Gasteiger partial charge in [-0.15, -0.1) is 5.10 Å². The molecule has 1 N–H and O–H groups in total. The number of fused-ring (bicyclic) bond motifs is 1. The lowest BCUT2D eigenvalue weighted by molar-refractivity contribution is 0.0951. The molecule has 8 heteroatoms. The first-order valence-electron chi connectivity index (χ1n) is 9.03. The van der Waals surface area contributed by atoms with Crippen molar-refractivity contribution in [3.63, 3.8) is 0 Å². The molecular weight excluding hydrogens is 384 g/mol. The summed E-state index contributed by atoms with van der Waals surface area (Å²) in [7, 11) is 0. The molecule has 0 saturated heterocycles. The average Bonchev–Trinajstić information content (AvgIpc) is 3.19. The highest BCUT2D eigenvalue weighted by molar-refractivity contribution is 7.13. The van der Waals surface area contributed by atoms with Gasteiger partial charge in [0.2, 0.25) is 0 Å². The maximum Gasteiger partial charge on any atom is 0.280 e. The molecule has 0 radical (unpaired) electrons. The van der Waals surface area contributed by atoms with E-state index >= 15 is 0 Å². The molecule has 0 atom stereocenters. The number of hydrogen-bond acceptors (Lipinski definition) is 5. The van der Waals surface area contributed by atoms with Crippen LogP contribution in [0.25, 0.3) is 10.2 Å². The molecule has 1 aromatic carbocycles. The van der Waals surface area contributed by atoms with E-state index in [9.17, 15) is 9.59 Å². The Morgan fingerprint density at radius 3 is 2.70 bits per heavy atom. The van der Waals surface area contributed by atoms with Gasteiger partial charge in [0.1, 0.15) is 0 Å². The van der Waals surface area contributed by atoms with E-state index in [0.29, 0.717) is 21.8 Å². The standard InChI is InChI=1S/C19H19ClN4O2S/c20-13-8-6-12(7-9-13)10-21-18(25)15-11-24(14-4-2-1-3-5-14)19(26)16-17(15)27-23-22-16/h6-9,11,14H,1-5,10H2,(H,21,25). The molecule has 3 aromatic rings. The highest BCUT2D eigenvalue weighted by atomic mass is 35.5. The fraction of sp³-hybridized carbons (Fsp3) is 0.368. The number of nitrogens with zero attached hydrogens (tertiary/aromatic N) is 3. The minimum atomic E-state index is -0.231. The number of carbonyl (C=O) groups is 1. The number of amides is 1. The van der Waals surface area contributed by atoms with Gasteiger partial charge in [0.15, 0.2) is 5.52 Å². The molecule has 1 aliphatic carbocycles. The molecule has 1 fully saturated rings. The fourth-order valence-electron chi connectivity index (χ4n) is 3.56. The second kappa shape index (κ2) is 7.78. The first-order chi connectivity index (χ1) is 13.1. The van der Waals surface area contributed by atoms with E-state index in [-0.39, 0.29) is 23.0 Å². The molecule has 6 nitrogen and oxygen atoms in total. The lowest BCUT2D eigenvalue weighted by Crippen LogP contribution is -2.30. The Kier molecular flexibility index (Phi) is 5.22. The number of pyridine rings is 1. The summed E-state index contributed by atoms with van der Waals surface area (Å²) in [5, 5.41) is 7.56. The Labute approximate surface area is 165 Å². The van der Waals surface area contributed by atoms with Crippen molar-refractivity contribution in [3.8, 4) is 0 Å². The van der Waals surface area contributed by atoms with Crippen molar-refractivity contribution in [1.29, 1.82) is 0 Å². The topological polar surface area (TPSA) is 76.9 Å². The number of carbonyl (C=O) groups excluding carboxylic acids is 1. The van der Waals surface area contributed by atoms with Crippen molar-refractivity contribution in [3.05, 3.63) is 57.0 Å². The zero-order valence-corrected chi connectivity index (χ0v) is 16.2. The number of hydrogen-bond donors (Lipinski definition) is 1. The molecule has 1 saturated carbocycles. The number of rotatable bonds is 4. The van der Waals surface area contributed by atoms with Crippen molar-refractivity contribution in [1.82, 2.24) is 19.5 Å². The van der Waals surface area contributed by atoms with Gasteiger partial charge in [-0.25, -0.2) is 0 Å². The van der Waals surface area contributed by atoms with Crippen LogP contribution >= 0.6 is 23.1 Å². The molecule has 1 amide bonds. The van der Waals surface area contributed by atoms with Crippen LogP contribution in [0, 0.1) is 0 Å². The van der Waals surface area contributed by atoms with E-state index in [1.807, 2.05) is 12.1 Å². The van der Waals surface area contributed by atoms with Gasteiger partial charge in [0.25, 0.3) is 11.5 Å². The molecule has 140 valence electrons. The molecule has 27 heavy (non-hydrogen) atoms. The summed E-state index contributed by atoms with van der Waals surface area (Å²) in [6.45, 7) is 0.381. The van der Waals surface area contributed by atoms with Crippen LogP contribution in [0.2, 0.25) is 5.02 Å². The zero-order valence-electron chi connectivity index (χ0n) is 14.7. The van der Waals surface area contributed by atoms with Gasteiger partial charge in [0, 0.05) is 23.8 Å². The maximum absolute atomic E-state index is 12.8. The number of aromatic nitrogens is 3. The summed E-state index contributed by atoms with van der Waals surface area (Å²) in [5.74, 6) is -0.231. The Morgan fingerprint density at radius 1 is 1.22 bits per heavy atom. The SMILES string of the molecule is O=C(NCc1ccc(Cl)cc1)c1cn(C2CCCCC2)c(=O)c2nnsc12. The van der Waals surface area contributed by atoms with Crippen molar-refractivity contribution in [2.75, 3.05) is 0 Å². The summed E-state index contributed by atoms with van der Waals surface area (Å²) in [6, 6.07) is 7.44. The third-order valence-corrected chi connectivity index (χ3v) is 6.03. The molecule has 0 spiro atoms. The quantitative estimate of drug-likeness (QED) is 0.717. The fourth-order valence-corrected chi connectivity index (χ4v) is 4.35. The lowest BCUT2D eigenvalue weighted by atomic mass is 9.95. The molecule has 1 aliphatic rings. The van der Waals surface area contributed by atoms with E-state index in [1.54, 1.807) is 22.9 Å². The van der Waals surface area contributed by atoms with Crippen LogP contribution < -0.4 is 10.9 Å². The van der Waals surface area contributed by atoms with E-state index in [2.05, 4.69) is 14.9 Å². The first-order valence-corrected chi connectivity index (χ1v) is 10.2. The lowest BCUT2D eigenvalue weighted by Gasteiger charge is -2.24. The largest absolute Gasteiger partial charge is 0.348 e. The van der Waals surface area contributed by atoms with Crippen LogP contribution in [0.1, 0.15) is 54.1 Å². The van der Waals surface area contributed by atoms with Gasteiger partial charge in [-0.2, -0.15) is 0 Å². The van der Waals surface area contributed by atoms with Gasteiger partial charge in [-0.05, 0) is 42.1 Å². The molecule has 0 aliphatic heterocycles. The second-order valence-electron chi connectivity index (χ2n) is 6.81. The van der Waals surface area contributed by atoms with E-state index < -0.39 is 0 Å². The molecule has 2 aromatic heterocycles. The maximum atomic E-state index is 12.8.